The van der Waals surface area contributed by atoms with Gasteiger partial charge in [-0.15, -0.1) is 0 Å². The van der Waals surface area contributed by atoms with Crippen molar-refractivity contribution in [2.45, 2.75) is 25.0 Å². The second-order valence-electron chi connectivity index (χ2n) is 4.07. The Hall–Kier alpha value is -2.15. The maximum absolute atomic E-state index is 10.8. The highest BCUT2D eigenvalue weighted by Crippen LogP contribution is 2.32. The van der Waals surface area contributed by atoms with Gasteiger partial charge in [-0.3, -0.25) is 0 Å². The second-order valence-corrected chi connectivity index (χ2v) is 4.07. The molecule has 3 heterocycles. The van der Waals surface area contributed by atoms with Crippen LogP contribution in [-0.2, 0) is 9.53 Å². The molecular formula is C11H11N3O4. The van der Waals surface area contributed by atoms with Gasteiger partial charge in [0.2, 0.25) is 5.82 Å². The van der Waals surface area contributed by atoms with Crippen molar-refractivity contribution < 1.29 is 19.2 Å². The smallest absolute Gasteiger partial charge is 0.332 e. The van der Waals surface area contributed by atoms with Crippen molar-refractivity contribution in [2.24, 2.45) is 0 Å². The molecule has 94 valence electrons. The van der Waals surface area contributed by atoms with Gasteiger partial charge in [0.25, 0.3) is 5.89 Å². The van der Waals surface area contributed by atoms with Gasteiger partial charge in [0.1, 0.15) is 6.10 Å². The SMILES string of the molecule is O=C(O)C1CCC(c2nc(-c3ccc[nH]3)no2)O1. The molecule has 2 aromatic heterocycles. The van der Waals surface area contributed by atoms with Crippen molar-refractivity contribution in [3.63, 3.8) is 0 Å². The summed E-state index contributed by atoms with van der Waals surface area (Å²) in [4.78, 5) is 17.9. The fourth-order valence-corrected chi connectivity index (χ4v) is 1.95. The van der Waals surface area contributed by atoms with Gasteiger partial charge in [-0.1, -0.05) is 5.16 Å². The standard InChI is InChI=1S/C11H11N3O4/c15-11(16)8-4-3-7(17-8)10-13-9(14-18-10)6-2-1-5-12-6/h1-2,5,7-8,12H,3-4H2,(H,15,16). The fraction of sp³-hybridized carbons (Fsp3) is 0.364. The van der Waals surface area contributed by atoms with Gasteiger partial charge in [-0.2, -0.15) is 4.98 Å². The average Bonchev–Trinajstić information content (AvgIpc) is 3.10. The minimum atomic E-state index is -0.957. The number of ether oxygens (including phenoxy) is 1. The number of carboxylic acids is 1. The Morgan fingerprint density at radius 3 is 3.06 bits per heavy atom. The van der Waals surface area contributed by atoms with E-state index in [0.29, 0.717) is 24.6 Å². The van der Waals surface area contributed by atoms with E-state index in [1.54, 1.807) is 6.20 Å². The Morgan fingerprint density at radius 2 is 2.39 bits per heavy atom. The first-order chi connectivity index (χ1) is 8.74. The van der Waals surface area contributed by atoms with Crippen molar-refractivity contribution >= 4 is 5.97 Å². The molecule has 2 N–H and O–H groups in total. The summed E-state index contributed by atoms with van der Waals surface area (Å²) in [5.41, 5.74) is 0.748. The molecule has 0 saturated carbocycles. The molecule has 0 spiro atoms. The van der Waals surface area contributed by atoms with Crippen LogP contribution < -0.4 is 0 Å². The van der Waals surface area contributed by atoms with Gasteiger partial charge in [-0.05, 0) is 25.0 Å². The minimum absolute atomic E-state index is 0.323. The van der Waals surface area contributed by atoms with Gasteiger partial charge in [0.05, 0.1) is 5.69 Å². The summed E-state index contributed by atoms with van der Waals surface area (Å²) in [6.45, 7) is 0. The summed E-state index contributed by atoms with van der Waals surface area (Å²) >= 11 is 0. The number of aliphatic carboxylic acids is 1. The largest absolute Gasteiger partial charge is 0.479 e. The maximum atomic E-state index is 10.8. The van der Waals surface area contributed by atoms with Crippen molar-refractivity contribution in [2.75, 3.05) is 0 Å². The molecule has 1 aliphatic heterocycles. The zero-order valence-corrected chi connectivity index (χ0v) is 9.37. The number of nitrogens with one attached hydrogen (secondary N) is 1. The molecule has 0 aliphatic carbocycles. The number of carbonyl (C=O) groups is 1. The fourth-order valence-electron chi connectivity index (χ4n) is 1.95. The van der Waals surface area contributed by atoms with Gasteiger partial charge < -0.3 is 19.4 Å². The Bertz CT molecular complexity index is 548. The molecule has 3 rings (SSSR count). The number of hydrogen-bond acceptors (Lipinski definition) is 5. The Morgan fingerprint density at radius 1 is 1.50 bits per heavy atom. The predicted molar refractivity (Wildman–Crippen MR) is 58.6 cm³/mol. The lowest BCUT2D eigenvalue weighted by molar-refractivity contribution is -0.150. The van der Waals surface area contributed by atoms with Crippen LogP contribution in [-0.4, -0.2) is 32.3 Å². The van der Waals surface area contributed by atoms with Crippen LogP contribution in [0, 0.1) is 0 Å². The van der Waals surface area contributed by atoms with Crippen LogP contribution in [0.3, 0.4) is 0 Å². The molecular weight excluding hydrogens is 238 g/mol. The molecule has 1 fully saturated rings. The summed E-state index contributed by atoms with van der Waals surface area (Å²) in [6.07, 6.45) is 1.58. The highest BCUT2D eigenvalue weighted by atomic mass is 16.5. The molecule has 2 atom stereocenters. The van der Waals surface area contributed by atoms with E-state index >= 15 is 0 Å². The number of hydrogen-bond donors (Lipinski definition) is 2. The summed E-state index contributed by atoms with van der Waals surface area (Å²) in [5, 5.41) is 12.7. The molecule has 18 heavy (non-hydrogen) atoms. The molecule has 2 unspecified atom stereocenters. The molecule has 0 amide bonds. The summed E-state index contributed by atoms with van der Waals surface area (Å²) < 4.78 is 10.4. The molecule has 1 aliphatic rings. The number of carboxylic acid groups (broad SMARTS) is 1. The average molecular weight is 249 g/mol. The van der Waals surface area contributed by atoms with Crippen LogP contribution in [0.1, 0.15) is 24.8 Å². The van der Waals surface area contributed by atoms with E-state index < -0.39 is 18.2 Å². The number of aromatic amines is 1. The highest BCUT2D eigenvalue weighted by Gasteiger charge is 2.34. The van der Waals surface area contributed by atoms with E-state index in [1.165, 1.54) is 0 Å². The topological polar surface area (TPSA) is 101 Å². The number of rotatable bonds is 3. The normalized spacial score (nSPS) is 23.3. The van der Waals surface area contributed by atoms with Crippen molar-refractivity contribution in [1.29, 1.82) is 0 Å². The third kappa shape index (κ3) is 1.88. The highest BCUT2D eigenvalue weighted by molar-refractivity contribution is 5.72. The number of H-pyrrole nitrogens is 1. The molecule has 7 heteroatoms. The molecule has 2 aromatic rings. The van der Waals surface area contributed by atoms with E-state index in [4.69, 9.17) is 14.4 Å². The predicted octanol–water partition coefficient (Wildman–Crippen LogP) is 1.37. The van der Waals surface area contributed by atoms with Crippen LogP contribution in [0.4, 0.5) is 0 Å². The summed E-state index contributed by atoms with van der Waals surface area (Å²) in [6, 6.07) is 3.65. The van der Waals surface area contributed by atoms with Crippen LogP contribution in [0.15, 0.2) is 22.9 Å². The van der Waals surface area contributed by atoms with Gasteiger partial charge in [0, 0.05) is 6.20 Å². The monoisotopic (exact) mass is 249 g/mol. The lowest BCUT2D eigenvalue weighted by Gasteiger charge is -2.05. The van der Waals surface area contributed by atoms with Crippen molar-refractivity contribution in [3.05, 3.63) is 24.2 Å². The third-order valence-corrected chi connectivity index (χ3v) is 2.85. The van der Waals surface area contributed by atoms with Gasteiger partial charge >= 0.3 is 5.97 Å². The van der Waals surface area contributed by atoms with Gasteiger partial charge in [-0.25, -0.2) is 4.79 Å². The van der Waals surface area contributed by atoms with Crippen LogP contribution in [0.5, 0.6) is 0 Å². The molecule has 0 aromatic carbocycles. The first-order valence-corrected chi connectivity index (χ1v) is 5.59. The van der Waals surface area contributed by atoms with Crippen molar-refractivity contribution in [3.8, 4) is 11.5 Å². The molecule has 7 nitrogen and oxygen atoms in total. The van der Waals surface area contributed by atoms with E-state index in [9.17, 15) is 4.79 Å². The van der Waals surface area contributed by atoms with E-state index in [1.807, 2.05) is 12.1 Å². The zero-order chi connectivity index (χ0) is 12.5. The lowest BCUT2D eigenvalue weighted by atomic mass is 10.2. The van der Waals surface area contributed by atoms with Crippen LogP contribution in [0.2, 0.25) is 0 Å². The molecule has 0 bridgehead atoms. The van der Waals surface area contributed by atoms with E-state index in [2.05, 4.69) is 15.1 Å². The Balaban J connectivity index is 1.77. The molecule has 1 saturated heterocycles. The Kier molecular flexibility index (Phi) is 2.60. The van der Waals surface area contributed by atoms with Crippen molar-refractivity contribution in [1.82, 2.24) is 15.1 Å². The van der Waals surface area contributed by atoms with E-state index in [0.717, 1.165) is 5.69 Å². The lowest BCUT2D eigenvalue weighted by Crippen LogP contribution is -2.18. The second kappa shape index (κ2) is 4.26. The maximum Gasteiger partial charge on any atom is 0.332 e. The third-order valence-electron chi connectivity index (χ3n) is 2.85. The van der Waals surface area contributed by atoms with E-state index in [-0.39, 0.29) is 0 Å². The van der Waals surface area contributed by atoms with Crippen LogP contribution >= 0.6 is 0 Å². The van der Waals surface area contributed by atoms with Gasteiger partial charge in [0.15, 0.2) is 6.10 Å². The molecule has 0 radical (unpaired) electrons. The summed E-state index contributed by atoms with van der Waals surface area (Å²) in [5.74, 6) is -0.192. The minimum Gasteiger partial charge on any atom is -0.479 e. The quantitative estimate of drug-likeness (QED) is 0.851. The number of nitrogens with zero attached hydrogens (tertiary/aromatic N) is 2. The Labute approximate surface area is 102 Å². The first-order valence-electron chi connectivity index (χ1n) is 5.59. The number of aromatic nitrogens is 3. The summed E-state index contributed by atoms with van der Waals surface area (Å²) in [7, 11) is 0. The van der Waals surface area contributed by atoms with Crippen LogP contribution in [0.25, 0.3) is 11.5 Å². The zero-order valence-electron chi connectivity index (χ0n) is 9.37. The first kappa shape index (κ1) is 11.0.